The molecule has 1 heterocycles. The lowest BCUT2D eigenvalue weighted by Crippen LogP contribution is -2.17. The second-order valence-corrected chi connectivity index (χ2v) is 5.52. The van der Waals surface area contributed by atoms with Gasteiger partial charge in [0.2, 0.25) is 0 Å². The molecular weight excluding hydrogens is 339 g/mol. The van der Waals surface area contributed by atoms with Gasteiger partial charge in [-0.3, -0.25) is 4.79 Å². The van der Waals surface area contributed by atoms with E-state index in [0.717, 1.165) is 0 Å². The number of amides is 1. The maximum absolute atomic E-state index is 12.2. The molecule has 0 spiro atoms. The zero-order chi connectivity index (χ0) is 16.4. The topological polar surface area (TPSA) is 74.8 Å². The Kier molecular flexibility index (Phi) is 4.23. The van der Waals surface area contributed by atoms with Gasteiger partial charge in [-0.05, 0) is 24.3 Å². The molecule has 2 aromatic carbocycles. The van der Waals surface area contributed by atoms with Crippen molar-refractivity contribution in [3.05, 3.63) is 63.8 Å². The smallest absolute Gasteiger partial charge is 0.275 e. The van der Waals surface area contributed by atoms with Crippen LogP contribution in [0.5, 0.6) is 5.75 Å². The highest BCUT2D eigenvalue weighted by Crippen LogP contribution is 2.31. The largest absolute Gasteiger partial charge is 0.507 e. The molecule has 3 rings (SSSR count). The Morgan fingerprint density at radius 3 is 2.83 bits per heavy atom. The second-order valence-electron chi connectivity index (χ2n) is 4.67. The fourth-order valence-electron chi connectivity index (χ4n) is 2.05. The summed E-state index contributed by atoms with van der Waals surface area (Å²) in [7, 11) is 0. The van der Waals surface area contributed by atoms with Crippen LogP contribution >= 0.6 is 23.2 Å². The Hall–Kier alpha value is -2.50. The van der Waals surface area contributed by atoms with Crippen molar-refractivity contribution >= 4 is 46.3 Å². The molecule has 1 amide bonds. The summed E-state index contributed by atoms with van der Waals surface area (Å²) in [4.78, 5) is 12.2. The van der Waals surface area contributed by atoms with Crippen molar-refractivity contribution in [3.8, 4) is 5.75 Å². The molecule has 0 aliphatic rings. The number of phenolic OH excluding ortho intramolecular Hbond substituents is 1. The van der Waals surface area contributed by atoms with Crippen LogP contribution in [-0.2, 0) is 0 Å². The minimum absolute atomic E-state index is 0.0674. The molecule has 3 aromatic rings. The van der Waals surface area contributed by atoms with Crippen LogP contribution in [0.2, 0.25) is 10.0 Å². The number of nitrogens with zero attached hydrogens (tertiary/aromatic N) is 1. The van der Waals surface area contributed by atoms with Crippen molar-refractivity contribution in [2.24, 2.45) is 5.10 Å². The number of carbonyl (C=O) groups excluding carboxylic acids is 1. The molecule has 7 heteroatoms. The van der Waals surface area contributed by atoms with Crippen molar-refractivity contribution in [1.29, 1.82) is 0 Å². The monoisotopic (exact) mass is 348 g/mol. The third-order valence-electron chi connectivity index (χ3n) is 3.14. The maximum Gasteiger partial charge on any atom is 0.275 e. The lowest BCUT2D eigenvalue weighted by Gasteiger charge is -1.99. The van der Waals surface area contributed by atoms with Gasteiger partial charge >= 0.3 is 0 Å². The summed E-state index contributed by atoms with van der Waals surface area (Å²) in [6.07, 6.45) is 2.63. The fraction of sp³-hybridized carbons (Fsp3) is 0. The van der Waals surface area contributed by atoms with Crippen molar-refractivity contribution in [1.82, 2.24) is 5.43 Å². The molecule has 2 N–H and O–H groups in total. The first-order chi connectivity index (χ1) is 11.1. The number of aromatic hydroxyl groups is 1. The van der Waals surface area contributed by atoms with E-state index in [2.05, 4.69) is 10.5 Å². The van der Waals surface area contributed by atoms with Gasteiger partial charge in [-0.2, -0.15) is 5.10 Å². The molecule has 0 radical (unpaired) electrons. The number of furan rings is 1. The number of fused-ring (bicyclic) bond motifs is 1. The molecule has 116 valence electrons. The lowest BCUT2D eigenvalue weighted by atomic mass is 10.1. The average molecular weight is 349 g/mol. The number of hydrazone groups is 1. The summed E-state index contributed by atoms with van der Waals surface area (Å²) in [5.74, 6) is -0.411. The van der Waals surface area contributed by atoms with Crippen LogP contribution in [0.3, 0.4) is 0 Å². The Labute approximate surface area is 141 Å². The predicted molar refractivity (Wildman–Crippen MR) is 89.4 cm³/mol. The molecule has 0 atom stereocenters. The van der Waals surface area contributed by atoms with Crippen LogP contribution in [0, 0.1) is 0 Å². The molecule has 1 aromatic heterocycles. The molecule has 0 fully saturated rings. The van der Waals surface area contributed by atoms with Crippen molar-refractivity contribution in [3.63, 3.8) is 0 Å². The zero-order valence-electron chi connectivity index (χ0n) is 11.6. The Morgan fingerprint density at radius 1 is 1.26 bits per heavy atom. The number of para-hydroxylation sites is 1. The van der Waals surface area contributed by atoms with E-state index < -0.39 is 5.91 Å². The second kappa shape index (κ2) is 6.32. The third kappa shape index (κ3) is 3.16. The molecule has 0 bridgehead atoms. The quantitative estimate of drug-likeness (QED) is 0.549. The van der Waals surface area contributed by atoms with E-state index in [1.165, 1.54) is 24.6 Å². The molecular formula is C16H10Cl2N2O3. The minimum Gasteiger partial charge on any atom is -0.507 e. The molecule has 0 aliphatic heterocycles. The van der Waals surface area contributed by atoms with Crippen LogP contribution in [0.1, 0.15) is 15.9 Å². The van der Waals surface area contributed by atoms with Crippen molar-refractivity contribution in [2.45, 2.75) is 0 Å². The molecule has 0 aliphatic carbocycles. The zero-order valence-corrected chi connectivity index (χ0v) is 13.1. The molecule has 0 saturated carbocycles. The van der Waals surface area contributed by atoms with E-state index in [1.807, 2.05) is 0 Å². The molecule has 0 saturated heterocycles. The average Bonchev–Trinajstić information content (AvgIpc) is 2.93. The molecule has 23 heavy (non-hydrogen) atoms. The Balaban J connectivity index is 1.83. The highest BCUT2D eigenvalue weighted by molar-refractivity contribution is 6.38. The summed E-state index contributed by atoms with van der Waals surface area (Å²) in [5.41, 5.74) is 3.49. The third-order valence-corrected chi connectivity index (χ3v) is 3.64. The first kappa shape index (κ1) is 15.4. The summed E-state index contributed by atoms with van der Waals surface area (Å²) >= 11 is 12.0. The van der Waals surface area contributed by atoms with E-state index in [4.69, 9.17) is 27.6 Å². The number of rotatable bonds is 3. The summed E-state index contributed by atoms with van der Waals surface area (Å²) in [6.45, 7) is 0. The summed E-state index contributed by atoms with van der Waals surface area (Å²) < 4.78 is 5.30. The number of carbonyl (C=O) groups is 1. The first-order valence-electron chi connectivity index (χ1n) is 6.54. The highest BCUT2D eigenvalue weighted by Gasteiger charge is 2.16. The predicted octanol–water partition coefficient (Wildman–Crippen LogP) is 4.21. The van der Waals surface area contributed by atoms with Gasteiger partial charge in [0.1, 0.15) is 12.0 Å². The number of benzene rings is 2. The summed E-state index contributed by atoms with van der Waals surface area (Å²) in [6, 6.07) is 9.75. The number of hydrogen-bond acceptors (Lipinski definition) is 4. The fourth-order valence-corrected chi connectivity index (χ4v) is 2.59. The molecule has 0 unspecified atom stereocenters. The van der Waals surface area contributed by atoms with Crippen LogP contribution in [-0.4, -0.2) is 17.2 Å². The van der Waals surface area contributed by atoms with Gasteiger partial charge in [-0.1, -0.05) is 35.3 Å². The van der Waals surface area contributed by atoms with Gasteiger partial charge in [-0.15, -0.1) is 0 Å². The van der Waals surface area contributed by atoms with E-state index in [-0.39, 0.29) is 11.3 Å². The highest BCUT2D eigenvalue weighted by atomic mass is 35.5. The van der Waals surface area contributed by atoms with E-state index in [1.54, 1.807) is 24.3 Å². The van der Waals surface area contributed by atoms with Gasteiger partial charge in [0.05, 0.1) is 16.8 Å². The number of nitrogens with one attached hydrogen (secondary N) is 1. The maximum atomic E-state index is 12.2. The van der Waals surface area contributed by atoms with Crippen LogP contribution < -0.4 is 5.43 Å². The number of halogens is 2. The van der Waals surface area contributed by atoms with Crippen LogP contribution in [0.25, 0.3) is 11.0 Å². The summed E-state index contributed by atoms with van der Waals surface area (Å²) in [5, 5.41) is 14.7. The van der Waals surface area contributed by atoms with Crippen molar-refractivity contribution in [2.75, 3.05) is 0 Å². The van der Waals surface area contributed by atoms with Crippen LogP contribution in [0.4, 0.5) is 0 Å². The van der Waals surface area contributed by atoms with Gasteiger partial charge in [0, 0.05) is 16.0 Å². The van der Waals surface area contributed by atoms with Gasteiger partial charge < -0.3 is 9.52 Å². The Morgan fingerprint density at radius 2 is 2.04 bits per heavy atom. The first-order valence-corrected chi connectivity index (χ1v) is 7.29. The minimum atomic E-state index is -0.478. The van der Waals surface area contributed by atoms with Gasteiger partial charge in [0.15, 0.2) is 5.58 Å². The standard InChI is InChI=1S/C16H10Cl2N2O3/c17-10-5-11-12(8-23-15(11)13(18)6-10)16(22)20-19-7-9-3-1-2-4-14(9)21/h1-8,21H,(H,20,22)/b19-7+. The van der Waals surface area contributed by atoms with Gasteiger partial charge in [0.25, 0.3) is 5.91 Å². The SMILES string of the molecule is O=C(N/N=C/c1ccccc1O)c1coc2c(Cl)cc(Cl)cc12. The number of phenols is 1. The van der Waals surface area contributed by atoms with Gasteiger partial charge in [-0.25, -0.2) is 5.43 Å². The van der Waals surface area contributed by atoms with Crippen LogP contribution in [0.15, 0.2) is 52.2 Å². The van der Waals surface area contributed by atoms with E-state index in [9.17, 15) is 9.90 Å². The normalized spacial score (nSPS) is 11.2. The van der Waals surface area contributed by atoms with E-state index in [0.29, 0.717) is 26.6 Å². The van der Waals surface area contributed by atoms with E-state index >= 15 is 0 Å². The lowest BCUT2D eigenvalue weighted by molar-refractivity contribution is 0.0956. The Bertz CT molecular complexity index is 919. The van der Waals surface area contributed by atoms with Crippen molar-refractivity contribution < 1.29 is 14.3 Å². The number of hydrogen-bond donors (Lipinski definition) is 2. The molecule has 5 nitrogen and oxygen atoms in total.